The second-order valence-electron chi connectivity index (χ2n) is 7.05. The first-order valence-electron chi connectivity index (χ1n) is 9.51. The Labute approximate surface area is 177 Å². The van der Waals surface area contributed by atoms with Gasteiger partial charge in [-0.1, -0.05) is 17.7 Å². The zero-order valence-corrected chi connectivity index (χ0v) is 17.4. The van der Waals surface area contributed by atoms with Crippen molar-refractivity contribution in [2.45, 2.75) is 32.7 Å². The molecule has 3 aromatic rings. The Kier molecular flexibility index (Phi) is 5.67. The minimum Gasteiger partial charge on any atom is -0.477 e. The second-order valence-corrected chi connectivity index (χ2v) is 8.05. The predicted molar refractivity (Wildman–Crippen MR) is 116 cm³/mol. The number of aryl methyl sites for hydroxylation is 3. The lowest BCUT2D eigenvalue weighted by atomic mass is 10.0. The third-order valence-electron chi connectivity index (χ3n) is 4.75. The van der Waals surface area contributed by atoms with Crippen LogP contribution in [0.1, 0.15) is 32.9 Å². The third-order valence-corrected chi connectivity index (χ3v) is 5.94. The van der Waals surface area contributed by atoms with Crippen LogP contribution < -0.4 is 4.74 Å². The highest BCUT2D eigenvalue weighted by Crippen LogP contribution is 2.34. The number of rotatable bonds is 7. The van der Waals surface area contributed by atoms with Crippen LogP contribution in [-0.2, 0) is 6.42 Å². The lowest BCUT2D eigenvalue weighted by Crippen LogP contribution is -2.05. The van der Waals surface area contributed by atoms with Crippen LogP contribution >= 0.6 is 11.3 Å². The standard InChI is InChI=1S/C22H20N4O3S/c1-13-3-8-18(9-4-13)29-19-10-6-16(21-24-14(2)20(30-21)22(27)28)11-15(19)5-7-17-12-23-26-25-17/h3-4,6,8-12,17H,5,7H2,1-2H3,(H,27,28). The molecule has 152 valence electrons. The summed E-state index contributed by atoms with van der Waals surface area (Å²) in [6.45, 7) is 3.74. The van der Waals surface area contributed by atoms with E-state index in [0.29, 0.717) is 17.1 Å². The largest absolute Gasteiger partial charge is 0.477 e. The van der Waals surface area contributed by atoms with Crippen molar-refractivity contribution in [3.8, 4) is 22.1 Å². The molecule has 0 bridgehead atoms. The van der Waals surface area contributed by atoms with Crippen LogP contribution in [0.15, 0.2) is 57.9 Å². The molecular formula is C22H20N4O3S. The second kappa shape index (κ2) is 8.54. The molecule has 30 heavy (non-hydrogen) atoms. The minimum atomic E-state index is -0.957. The minimum absolute atomic E-state index is 0.0402. The van der Waals surface area contributed by atoms with E-state index in [-0.39, 0.29) is 10.9 Å². The van der Waals surface area contributed by atoms with Crippen molar-refractivity contribution < 1.29 is 14.6 Å². The summed E-state index contributed by atoms with van der Waals surface area (Å²) in [7, 11) is 0. The van der Waals surface area contributed by atoms with Gasteiger partial charge in [-0.3, -0.25) is 0 Å². The summed E-state index contributed by atoms with van der Waals surface area (Å²) >= 11 is 1.18. The van der Waals surface area contributed by atoms with E-state index in [4.69, 9.17) is 4.74 Å². The molecule has 2 aromatic carbocycles. The summed E-state index contributed by atoms with van der Waals surface area (Å²) in [5.41, 5.74) is 3.54. The van der Waals surface area contributed by atoms with E-state index in [9.17, 15) is 9.90 Å². The SMILES string of the molecule is Cc1ccc(Oc2ccc(-c3nc(C)c(C(=O)O)s3)cc2CCC2C=NN=N2)cc1. The van der Waals surface area contributed by atoms with Crippen molar-refractivity contribution in [2.75, 3.05) is 0 Å². The first-order valence-corrected chi connectivity index (χ1v) is 10.3. The van der Waals surface area contributed by atoms with Gasteiger partial charge in [0.25, 0.3) is 0 Å². The highest BCUT2D eigenvalue weighted by atomic mass is 32.1. The van der Waals surface area contributed by atoms with Gasteiger partial charge >= 0.3 is 5.97 Å². The molecule has 1 unspecified atom stereocenters. The molecule has 0 amide bonds. The lowest BCUT2D eigenvalue weighted by molar-refractivity contribution is 0.0701. The first-order chi connectivity index (χ1) is 14.5. The van der Waals surface area contributed by atoms with Gasteiger partial charge < -0.3 is 9.84 Å². The normalized spacial score (nSPS) is 14.9. The van der Waals surface area contributed by atoms with Gasteiger partial charge in [-0.2, -0.15) is 5.11 Å². The smallest absolute Gasteiger partial charge is 0.347 e. The van der Waals surface area contributed by atoms with Gasteiger partial charge in [-0.25, -0.2) is 9.78 Å². The van der Waals surface area contributed by atoms with Gasteiger partial charge in [0.1, 0.15) is 27.4 Å². The number of benzene rings is 2. The molecule has 8 heteroatoms. The number of hydrogen-bond acceptors (Lipinski definition) is 7. The fraction of sp³-hybridized carbons (Fsp3) is 0.227. The molecule has 1 N–H and O–H groups in total. The lowest BCUT2D eigenvalue weighted by Gasteiger charge is -2.13. The predicted octanol–water partition coefficient (Wildman–Crippen LogP) is 5.67. The Morgan fingerprint density at radius 3 is 2.63 bits per heavy atom. The van der Waals surface area contributed by atoms with Crippen molar-refractivity contribution >= 4 is 23.5 Å². The number of thiazole rings is 1. The monoisotopic (exact) mass is 420 g/mol. The van der Waals surface area contributed by atoms with E-state index in [0.717, 1.165) is 34.6 Å². The Morgan fingerprint density at radius 2 is 1.97 bits per heavy atom. The van der Waals surface area contributed by atoms with Crippen molar-refractivity contribution in [1.82, 2.24) is 4.98 Å². The fourth-order valence-electron chi connectivity index (χ4n) is 3.13. The molecule has 1 aliphatic heterocycles. The number of hydrogen-bond donors (Lipinski definition) is 1. The molecule has 0 spiro atoms. The molecule has 4 rings (SSSR count). The van der Waals surface area contributed by atoms with Crippen molar-refractivity contribution in [1.29, 1.82) is 0 Å². The van der Waals surface area contributed by atoms with E-state index < -0.39 is 5.97 Å². The summed E-state index contributed by atoms with van der Waals surface area (Å²) in [5.74, 6) is 0.554. The van der Waals surface area contributed by atoms with E-state index in [1.54, 1.807) is 13.1 Å². The maximum Gasteiger partial charge on any atom is 0.347 e. The molecule has 0 saturated heterocycles. The molecule has 2 heterocycles. The van der Waals surface area contributed by atoms with Crippen molar-refractivity contribution in [3.05, 3.63) is 64.2 Å². The topological polar surface area (TPSA) is 96.5 Å². The van der Waals surface area contributed by atoms with Gasteiger partial charge in [0.05, 0.1) is 11.9 Å². The van der Waals surface area contributed by atoms with Crippen LogP contribution in [0.4, 0.5) is 0 Å². The van der Waals surface area contributed by atoms with Crippen LogP contribution in [-0.4, -0.2) is 28.3 Å². The Balaban J connectivity index is 1.65. The Morgan fingerprint density at radius 1 is 1.17 bits per heavy atom. The number of ether oxygens (including phenoxy) is 1. The van der Waals surface area contributed by atoms with E-state index in [1.165, 1.54) is 11.3 Å². The maximum absolute atomic E-state index is 11.4. The van der Waals surface area contributed by atoms with Crippen LogP contribution in [0.25, 0.3) is 10.6 Å². The molecule has 0 saturated carbocycles. The van der Waals surface area contributed by atoms with Crippen LogP contribution in [0, 0.1) is 13.8 Å². The van der Waals surface area contributed by atoms with Gasteiger partial charge in [0.2, 0.25) is 0 Å². The summed E-state index contributed by atoms with van der Waals surface area (Å²) in [4.78, 5) is 16.1. The average molecular weight is 420 g/mol. The van der Waals surface area contributed by atoms with E-state index in [1.807, 2.05) is 49.4 Å². The fourth-order valence-corrected chi connectivity index (χ4v) is 4.03. The molecule has 1 aromatic heterocycles. The zero-order chi connectivity index (χ0) is 21.1. The Hall–Kier alpha value is -3.39. The van der Waals surface area contributed by atoms with Crippen LogP contribution in [0.3, 0.4) is 0 Å². The van der Waals surface area contributed by atoms with E-state index >= 15 is 0 Å². The zero-order valence-electron chi connectivity index (χ0n) is 16.6. The quantitative estimate of drug-likeness (QED) is 0.532. The number of aromatic carboxylic acids is 1. The van der Waals surface area contributed by atoms with Gasteiger partial charge in [-0.15, -0.1) is 16.4 Å². The summed E-state index contributed by atoms with van der Waals surface area (Å²) in [5, 5.41) is 21.6. The summed E-state index contributed by atoms with van der Waals surface area (Å²) in [6.07, 6.45) is 3.19. The molecule has 7 nitrogen and oxygen atoms in total. The third kappa shape index (κ3) is 4.44. The van der Waals surface area contributed by atoms with Crippen molar-refractivity contribution in [2.24, 2.45) is 15.4 Å². The number of aromatic nitrogens is 1. The van der Waals surface area contributed by atoms with Gasteiger partial charge in [-0.05, 0) is 67.8 Å². The first kappa shape index (κ1) is 19.9. The number of carbonyl (C=O) groups is 1. The number of carboxylic acid groups (broad SMARTS) is 1. The average Bonchev–Trinajstić information content (AvgIpc) is 3.38. The molecular weight excluding hydrogens is 400 g/mol. The highest BCUT2D eigenvalue weighted by molar-refractivity contribution is 7.17. The van der Waals surface area contributed by atoms with Gasteiger partial charge in [0, 0.05) is 5.56 Å². The molecule has 1 atom stereocenters. The highest BCUT2D eigenvalue weighted by Gasteiger charge is 2.17. The summed E-state index contributed by atoms with van der Waals surface area (Å²) < 4.78 is 6.14. The molecule has 0 fully saturated rings. The van der Waals surface area contributed by atoms with Crippen molar-refractivity contribution in [3.63, 3.8) is 0 Å². The maximum atomic E-state index is 11.4. The molecule has 0 radical (unpaired) electrons. The van der Waals surface area contributed by atoms with E-state index in [2.05, 4.69) is 20.4 Å². The van der Waals surface area contributed by atoms with Gasteiger partial charge in [0.15, 0.2) is 0 Å². The number of nitrogens with zero attached hydrogens (tertiary/aromatic N) is 4. The van der Waals surface area contributed by atoms with Crippen LogP contribution in [0.2, 0.25) is 0 Å². The number of carboxylic acids is 1. The van der Waals surface area contributed by atoms with Crippen LogP contribution in [0.5, 0.6) is 11.5 Å². The summed E-state index contributed by atoms with van der Waals surface area (Å²) in [6, 6.07) is 13.7. The molecule has 1 aliphatic rings. The molecule has 0 aliphatic carbocycles. The Bertz CT molecular complexity index is 1120.